The molecular formula is C24H22N4O2S3. The number of likely N-dealkylation sites (N-methyl/N-ethyl adjacent to an activating group) is 2. The van der Waals surface area contributed by atoms with Crippen molar-refractivity contribution >= 4 is 62.7 Å². The summed E-state index contributed by atoms with van der Waals surface area (Å²) in [7, 11) is 3.77. The van der Waals surface area contributed by atoms with Crippen molar-refractivity contribution in [1.82, 2.24) is 14.4 Å². The first kappa shape index (κ1) is 21.9. The van der Waals surface area contributed by atoms with Crippen molar-refractivity contribution in [2.45, 2.75) is 18.4 Å². The molecule has 6 nitrogen and oxygen atoms in total. The third-order valence-electron chi connectivity index (χ3n) is 5.82. The number of benzene rings is 2. The molecule has 0 N–H and O–H groups in total. The molecule has 0 unspecified atom stereocenters. The van der Waals surface area contributed by atoms with Gasteiger partial charge in [-0.2, -0.15) is 0 Å². The average molecular weight is 495 g/mol. The van der Waals surface area contributed by atoms with Crippen LogP contribution in [0.15, 0.2) is 64.3 Å². The van der Waals surface area contributed by atoms with Crippen molar-refractivity contribution in [1.29, 1.82) is 0 Å². The number of hydrogen-bond acceptors (Lipinski definition) is 6. The van der Waals surface area contributed by atoms with Gasteiger partial charge >= 0.3 is 0 Å². The number of carbonyl (C=O) groups is 1. The van der Waals surface area contributed by atoms with Crippen LogP contribution in [0.2, 0.25) is 0 Å². The molecule has 1 saturated heterocycles. The van der Waals surface area contributed by atoms with Crippen LogP contribution in [0, 0.1) is 0 Å². The Morgan fingerprint density at radius 3 is 2.30 bits per heavy atom. The molecule has 1 aromatic heterocycles. The minimum absolute atomic E-state index is 0.101. The molecular weight excluding hydrogens is 472 g/mol. The van der Waals surface area contributed by atoms with Gasteiger partial charge in [-0.15, -0.1) is 11.3 Å². The highest BCUT2D eigenvalue weighted by atomic mass is 32.2. The maximum Gasteiger partial charge on any atom is 0.279 e. The fraction of sp³-hybridized carbons (Fsp3) is 0.208. The fourth-order valence-electron chi connectivity index (χ4n) is 4.08. The van der Waals surface area contributed by atoms with Gasteiger partial charge < -0.3 is 9.80 Å². The Bertz CT molecular complexity index is 1460. The fourth-order valence-corrected chi connectivity index (χ4v) is 6.91. The first-order chi connectivity index (χ1) is 15.9. The third kappa shape index (κ3) is 3.51. The van der Waals surface area contributed by atoms with E-state index in [1.807, 2.05) is 62.5 Å². The van der Waals surface area contributed by atoms with E-state index in [1.165, 1.54) is 11.3 Å². The van der Waals surface area contributed by atoms with Crippen molar-refractivity contribution in [3.05, 3.63) is 79.7 Å². The molecule has 1 amide bonds. The van der Waals surface area contributed by atoms with Gasteiger partial charge in [-0.25, -0.2) is 0 Å². The number of rotatable bonds is 3. The van der Waals surface area contributed by atoms with E-state index in [4.69, 9.17) is 12.2 Å². The molecule has 33 heavy (non-hydrogen) atoms. The molecule has 1 fully saturated rings. The van der Waals surface area contributed by atoms with Gasteiger partial charge in [0.1, 0.15) is 19.9 Å². The Morgan fingerprint density at radius 2 is 1.64 bits per heavy atom. The number of hydrogen-bond donors (Lipinski definition) is 0. The molecule has 9 heteroatoms. The van der Waals surface area contributed by atoms with Gasteiger partial charge in [-0.1, -0.05) is 54.2 Å². The average Bonchev–Trinajstić information content (AvgIpc) is 3.39. The van der Waals surface area contributed by atoms with Crippen LogP contribution >= 0.6 is 35.3 Å². The minimum Gasteiger partial charge on any atom is -0.337 e. The highest BCUT2D eigenvalue weighted by Crippen LogP contribution is 2.44. The summed E-state index contributed by atoms with van der Waals surface area (Å²) in [6, 6.07) is 17.9. The molecule has 168 valence electrons. The zero-order valence-electron chi connectivity index (χ0n) is 18.4. The number of amides is 1. The molecule has 0 bridgehead atoms. The number of thiocarbonyl (C=S) groups is 1. The largest absolute Gasteiger partial charge is 0.337 e. The van der Waals surface area contributed by atoms with Gasteiger partial charge in [0.2, 0.25) is 0 Å². The van der Waals surface area contributed by atoms with Crippen LogP contribution in [0.5, 0.6) is 0 Å². The van der Waals surface area contributed by atoms with Crippen molar-refractivity contribution in [2.24, 2.45) is 0 Å². The quantitative estimate of drug-likeness (QED) is 0.522. The van der Waals surface area contributed by atoms with Gasteiger partial charge in [0.25, 0.3) is 11.5 Å². The van der Waals surface area contributed by atoms with Crippen LogP contribution in [-0.2, 0) is 11.3 Å². The minimum atomic E-state index is -0.166. The number of para-hydroxylation sites is 1. The van der Waals surface area contributed by atoms with Crippen LogP contribution in [0.3, 0.4) is 0 Å². The molecule has 0 spiro atoms. The Kier molecular flexibility index (Phi) is 5.64. The maximum atomic E-state index is 13.8. The number of thioether (sulfide) groups is 1. The molecule has 2 aliphatic heterocycles. The van der Waals surface area contributed by atoms with Crippen molar-refractivity contribution in [2.75, 3.05) is 25.5 Å². The van der Waals surface area contributed by atoms with E-state index in [2.05, 4.69) is 11.0 Å². The zero-order chi connectivity index (χ0) is 23.3. The number of thiazole rings is 1. The van der Waals surface area contributed by atoms with Gasteiger partial charge in [0, 0.05) is 25.5 Å². The van der Waals surface area contributed by atoms with Crippen LogP contribution < -0.4 is 19.7 Å². The molecule has 0 aliphatic carbocycles. The summed E-state index contributed by atoms with van der Waals surface area (Å²) in [5.74, 6) is -0.166. The van der Waals surface area contributed by atoms with E-state index >= 15 is 0 Å². The van der Waals surface area contributed by atoms with E-state index < -0.39 is 0 Å². The number of carbonyl (C=O) groups excluding carboxylic acids is 1. The van der Waals surface area contributed by atoms with E-state index in [9.17, 15) is 9.59 Å². The second-order valence-corrected chi connectivity index (χ2v) is 10.2. The normalized spacial score (nSPS) is 19.1. The van der Waals surface area contributed by atoms with E-state index in [0.717, 1.165) is 21.2 Å². The summed E-state index contributed by atoms with van der Waals surface area (Å²) in [5, 5.41) is 1.33. The number of aromatic nitrogens is 1. The summed E-state index contributed by atoms with van der Waals surface area (Å²) in [5.41, 5.74) is 2.42. The molecule has 0 saturated carbocycles. The first-order valence-corrected chi connectivity index (χ1v) is 12.6. The van der Waals surface area contributed by atoms with Gasteiger partial charge in [0.05, 0.1) is 12.2 Å². The molecule has 0 radical (unpaired) electrons. The Hall–Kier alpha value is -2.88. The first-order valence-electron chi connectivity index (χ1n) is 10.5. The summed E-state index contributed by atoms with van der Waals surface area (Å²) in [6.45, 7) is 2.76. The number of fused-ring (bicyclic) bond motifs is 1. The molecule has 3 heterocycles. The third-order valence-corrected chi connectivity index (χ3v) is 8.86. The summed E-state index contributed by atoms with van der Waals surface area (Å²) in [6.07, 6.45) is 0. The van der Waals surface area contributed by atoms with Crippen LogP contribution in [-0.4, -0.2) is 46.0 Å². The monoisotopic (exact) mass is 494 g/mol. The molecule has 0 atom stereocenters. The topological polar surface area (TPSA) is 48.8 Å². The highest BCUT2D eigenvalue weighted by molar-refractivity contribution is 8.08. The van der Waals surface area contributed by atoms with Crippen molar-refractivity contribution < 1.29 is 4.79 Å². The summed E-state index contributed by atoms with van der Waals surface area (Å²) < 4.78 is 2.96. The van der Waals surface area contributed by atoms with Crippen LogP contribution in [0.4, 0.5) is 5.69 Å². The number of anilines is 1. The van der Waals surface area contributed by atoms with E-state index in [0.29, 0.717) is 33.1 Å². The lowest BCUT2D eigenvalue weighted by molar-refractivity contribution is -0.120. The summed E-state index contributed by atoms with van der Waals surface area (Å²) >= 11 is 8.46. The summed E-state index contributed by atoms with van der Waals surface area (Å²) in [4.78, 5) is 33.5. The van der Waals surface area contributed by atoms with Crippen molar-refractivity contribution in [3.63, 3.8) is 0 Å². The number of nitrogens with zero attached hydrogens (tertiary/aromatic N) is 4. The lowest BCUT2D eigenvalue weighted by Crippen LogP contribution is -2.36. The van der Waals surface area contributed by atoms with Gasteiger partial charge in [-0.05, 0) is 36.8 Å². The SMILES string of the molecule is CCN1C(=O)/C(=c2/s/c(=C3/Sc4ccccc4N3C)c(=O)n2Cc2ccccc2)N(C)C1=S. The highest BCUT2D eigenvalue weighted by Gasteiger charge is 2.37. The second-order valence-electron chi connectivity index (χ2n) is 7.79. The second kappa shape index (κ2) is 8.48. The smallest absolute Gasteiger partial charge is 0.279 e. The standard InChI is InChI=1S/C24H22N4O2S3/c1-4-27-20(29)18(26(3)24(27)31)22-28(14-15-10-6-5-7-11-15)21(30)19(33-22)23-25(2)16-12-8-9-13-17(16)32-23/h5-13H,4,14H2,1-3H3/b22-18-,23-19+. The maximum absolute atomic E-state index is 13.8. The van der Waals surface area contributed by atoms with Crippen molar-refractivity contribution in [3.8, 4) is 0 Å². The molecule has 2 aliphatic rings. The van der Waals surface area contributed by atoms with Crippen LogP contribution in [0.1, 0.15) is 12.5 Å². The Balaban J connectivity index is 1.80. The lowest BCUT2D eigenvalue weighted by atomic mass is 10.2. The van der Waals surface area contributed by atoms with Gasteiger partial charge in [0.15, 0.2) is 5.11 Å². The van der Waals surface area contributed by atoms with E-state index in [-0.39, 0.29) is 11.5 Å². The van der Waals surface area contributed by atoms with E-state index in [1.54, 1.807) is 33.2 Å². The zero-order valence-corrected chi connectivity index (χ0v) is 20.9. The molecule has 5 rings (SSSR count). The van der Waals surface area contributed by atoms with Crippen LogP contribution in [0.25, 0.3) is 10.7 Å². The Morgan fingerprint density at radius 1 is 0.939 bits per heavy atom. The van der Waals surface area contributed by atoms with Gasteiger partial charge in [-0.3, -0.25) is 19.1 Å². The molecule has 3 aromatic rings. The lowest BCUT2D eigenvalue weighted by Gasteiger charge is -2.13. The predicted octanol–water partition coefficient (Wildman–Crippen LogP) is 2.45. The predicted molar refractivity (Wildman–Crippen MR) is 139 cm³/mol. The Labute approximate surface area is 205 Å². The molecule has 2 aromatic carbocycles.